The SMILES string of the molecule is CCCCNC(=O)C(c1ccc(C)c(C)c1)N(CC)C(=O)C(CC(C)C)NC(=O)OC(C)(C)C. The standard InChI is InChI=1S/C27H45N3O4/c1-10-12-15-28-24(31)23(21-14-13-19(5)20(6)17-21)30(11-2)25(32)22(16-18(3)4)29-26(33)34-27(7,8)9/h13-14,17-18,22-23H,10-12,15-16H2,1-9H3,(H,28,31)(H,29,33). The molecule has 0 spiro atoms. The zero-order chi connectivity index (χ0) is 26.1. The van der Waals surface area contributed by atoms with Gasteiger partial charge >= 0.3 is 6.09 Å². The van der Waals surface area contributed by atoms with Gasteiger partial charge in [0.1, 0.15) is 17.7 Å². The van der Waals surface area contributed by atoms with Crippen LogP contribution in [0.1, 0.15) is 90.5 Å². The molecule has 1 aromatic rings. The summed E-state index contributed by atoms with van der Waals surface area (Å²) in [5.41, 5.74) is 2.25. The van der Waals surface area contributed by atoms with Crippen molar-refractivity contribution in [1.82, 2.24) is 15.5 Å². The van der Waals surface area contributed by atoms with E-state index in [0.29, 0.717) is 19.5 Å². The molecule has 0 saturated carbocycles. The molecule has 0 radical (unpaired) electrons. The molecule has 7 nitrogen and oxygen atoms in total. The number of rotatable bonds is 11. The van der Waals surface area contributed by atoms with Crippen molar-refractivity contribution in [3.63, 3.8) is 0 Å². The van der Waals surface area contributed by atoms with E-state index in [1.807, 2.05) is 52.8 Å². The Kier molecular flexibility index (Phi) is 11.6. The first-order chi connectivity index (χ1) is 15.8. The lowest BCUT2D eigenvalue weighted by Gasteiger charge is -2.34. The molecule has 0 aliphatic rings. The number of alkyl carbamates (subject to hydrolysis) is 1. The van der Waals surface area contributed by atoms with E-state index in [9.17, 15) is 14.4 Å². The third kappa shape index (κ3) is 9.35. The van der Waals surface area contributed by atoms with E-state index in [1.165, 1.54) is 0 Å². The van der Waals surface area contributed by atoms with E-state index in [4.69, 9.17) is 4.74 Å². The maximum Gasteiger partial charge on any atom is 0.408 e. The van der Waals surface area contributed by atoms with Gasteiger partial charge in [0, 0.05) is 13.1 Å². The van der Waals surface area contributed by atoms with Gasteiger partial charge in [-0.3, -0.25) is 9.59 Å². The number of carbonyl (C=O) groups excluding carboxylic acids is 3. The number of hydrogen-bond donors (Lipinski definition) is 2. The molecule has 2 N–H and O–H groups in total. The van der Waals surface area contributed by atoms with Gasteiger partial charge in [-0.05, 0) is 77.0 Å². The van der Waals surface area contributed by atoms with E-state index >= 15 is 0 Å². The average Bonchev–Trinajstić information content (AvgIpc) is 2.71. The normalized spacial score (nSPS) is 13.2. The van der Waals surface area contributed by atoms with Gasteiger partial charge in [-0.15, -0.1) is 0 Å². The Hall–Kier alpha value is -2.57. The summed E-state index contributed by atoms with van der Waals surface area (Å²) in [4.78, 5) is 41.2. The van der Waals surface area contributed by atoms with Crippen LogP contribution in [-0.4, -0.2) is 47.5 Å². The molecule has 34 heavy (non-hydrogen) atoms. The first-order valence-electron chi connectivity index (χ1n) is 12.5. The van der Waals surface area contributed by atoms with Gasteiger partial charge in [-0.2, -0.15) is 0 Å². The molecule has 0 fully saturated rings. The van der Waals surface area contributed by atoms with Crippen LogP contribution in [0, 0.1) is 19.8 Å². The molecular formula is C27H45N3O4. The van der Waals surface area contributed by atoms with Crippen LogP contribution in [0.2, 0.25) is 0 Å². The number of carbonyl (C=O) groups is 3. The van der Waals surface area contributed by atoms with Crippen molar-refractivity contribution in [1.29, 1.82) is 0 Å². The number of amides is 3. The molecule has 7 heteroatoms. The van der Waals surface area contributed by atoms with Gasteiger partial charge in [-0.1, -0.05) is 45.4 Å². The highest BCUT2D eigenvalue weighted by molar-refractivity contribution is 5.92. The van der Waals surface area contributed by atoms with Crippen LogP contribution in [0.3, 0.4) is 0 Å². The van der Waals surface area contributed by atoms with Crippen LogP contribution in [0.15, 0.2) is 18.2 Å². The molecule has 0 heterocycles. The van der Waals surface area contributed by atoms with E-state index in [-0.39, 0.29) is 17.7 Å². The predicted octanol–water partition coefficient (Wildman–Crippen LogP) is 5.05. The Morgan fingerprint density at radius 3 is 2.21 bits per heavy atom. The summed E-state index contributed by atoms with van der Waals surface area (Å²) in [7, 11) is 0. The van der Waals surface area contributed by atoms with Gasteiger partial charge in [-0.25, -0.2) is 4.79 Å². The van der Waals surface area contributed by atoms with Gasteiger partial charge in [0.2, 0.25) is 11.8 Å². The second-order valence-electron chi connectivity index (χ2n) is 10.3. The second-order valence-corrected chi connectivity index (χ2v) is 10.3. The van der Waals surface area contributed by atoms with Crippen LogP contribution < -0.4 is 10.6 Å². The first kappa shape index (κ1) is 29.5. The fraction of sp³-hybridized carbons (Fsp3) is 0.667. The minimum atomic E-state index is -0.799. The average molecular weight is 476 g/mol. The molecule has 2 atom stereocenters. The number of nitrogens with one attached hydrogen (secondary N) is 2. The van der Waals surface area contributed by atoms with Crippen molar-refractivity contribution in [3.05, 3.63) is 34.9 Å². The van der Waals surface area contributed by atoms with Crippen LogP contribution in [0.25, 0.3) is 0 Å². The van der Waals surface area contributed by atoms with Crippen molar-refractivity contribution in [2.45, 2.75) is 99.3 Å². The predicted molar refractivity (Wildman–Crippen MR) is 137 cm³/mol. The highest BCUT2D eigenvalue weighted by Gasteiger charge is 2.35. The largest absolute Gasteiger partial charge is 0.444 e. The van der Waals surface area contributed by atoms with Gasteiger partial charge in [0.05, 0.1) is 0 Å². The van der Waals surface area contributed by atoms with Crippen molar-refractivity contribution >= 4 is 17.9 Å². The van der Waals surface area contributed by atoms with Crippen LogP contribution >= 0.6 is 0 Å². The molecule has 0 aliphatic carbocycles. The molecule has 1 aromatic carbocycles. The Balaban J connectivity index is 3.35. The quantitative estimate of drug-likeness (QED) is 0.439. The highest BCUT2D eigenvalue weighted by Crippen LogP contribution is 2.25. The first-order valence-corrected chi connectivity index (χ1v) is 12.5. The van der Waals surface area contributed by atoms with Crippen LogP contribution in [0.5, 0.6) is 0 Å². The van der Waals surface area contributed by atoms with Crippen molar-refractivity contribution < 1.29 is 19.1 Å². The molecular weight excluding hydrogens is 430 g/mol. The smallest absolute Gasteiger partial charge is 0.408 e. The monoisotopic (exact) mass is 475 g/mol. The summed E-state index contributed by atoms with van der Waals surface area (Å²) >= 11 is 0. The number of unbranched alkanes of at least 4 members (excludes halogenated alkanes) is 1. The van der Waals surface area contributed by atoms with Gasteiger partial charge < -0.3 is 20.3 Å². The lowest BCUT2D eigenvalue weighted by molar-refractivity contribution is -0.142. The van der Waals surface area contributed by atoms with Crippen LogP contribution in [0.4, 0.5) is 4.79 Å². The molecule has 0 aromatic heterocycles. The molecule has 1 rings (SSSR count). The van der Waals surface area contributed by atoms with Crippen LogP contribution in [-0.2, 0) is 14.3 Å². The molecule has 0 saturated heterocycles. The highest BCUT2D eigenvalue weighted by atomic mass is 16.6. The minimum absolute atomic E-state index is 0.154. The lowest BCUT2D eigenvalue weighted by Crippen LogP contribution is -2.53. The number of aryl methyl sites for hydroxylation is 2. The van der Waals surface area contributed by atoms with Gasteiger partial charge in [0.15, 0.2) is 0 Å². The van der Waals surface area contributed by atoms with Crippen molar-refractivity contribution in [2.75, 3.05) is 13.1 Å². The van der Waals surface area contributed by atoms with E-state index < -0.39 is 23.8 Å². The third-order valence-electron chi connectivity index (χ3n) is 5.56. The number of ether oxygens (including phenoxy) is 1. The summed E-state index contributed by atoms with van der Waals surface area (Å²) in [5, 5.41) is 5.75. The maximum atomic E-state index is 13.8. The summed E-state index contributed by atoms with van der Waals surface area (Å²) in [5.74, 6) is -0.357. The number of likely N-dealkylation sites (N-methyl/N-ethyl adjacent to an activating group) is 1. The second kappa shape index (κ2) is 13.4. The van der Waals surface area contributed by atoms with E-state index in [0.717, 1.165) is 29.5 Å². The third-order valence-corrected chi connectivity index (χ3v) is 5.56. The zero-order valence-electron chi connectivity index (χ0n) is 22.6. The van der Waals surface area contributed by atoms with Gasteiger partial charge in [0.25, 0.3) is 0 Å². The Morgan fingerprint density at radius 2 is 1.71 bits per heavy atom. The minimum Gasteiger partial charge on any atom is -0.444 e. The summed E-state index contributed by atoms with van der Waals surface area (Å²) < 4.78 is 5.40. The summed E-state index contributed by atoms with van der Waals surface area (Å²) in [6, 6.07) is 4.26. The van der Waals surface area contributed by atoms with E-state index in [1.54, 1.807) is 25.7 Å². The zero-order valence-corrected chi connectivity index (χ0v) is 22.6. The molecule has 3 amide bonds. The molecule has 192 valence electrons. The van der Waals surface area contributed by atoms with E-state index in [2.05, 4.69) is 17.6 Å². The number of benzene rings is 1. The maximum absolute atomic E-state index is 13.8. The Bertz CT molecular complexity index is 830. The fourth-order valence-corrected chi connectivity index (χ4v) is 3.70. The van der Waals surface area contributed by atoms with Crippen molar-refractivity contribution in [3.8, 4) is 0 Å². The Labute approximate surface area is 206 Å². The lowest BCUT2D eigenvalue weighted by atomic mass is 9.97. The summed E-state index contributed by atoms with van der Waals surface area (Å²) in [6.45, 7) is 18.1. The molecule has 2 unspecified atom stereocenters. The van der Waals surface area contributed by atoms with Crippen molar-refractivity contribution in [2.24, 2.45) is 5.92 Å². The number of hydrogen-bond acceptors (Lipinski definition) is 4. The molecule has 0 aliphatic heterocycles. The topological polar surface area (TPSA) is 87.7 Å². The number of nitrogens with zero attached hydrogens (tertiary/aromatic N) is 1. The Morgan fingerprint density at radius 1 is 1.06 bits per heavy atom. The molecule has 0 bridgehead atoms. The summed E-state index contributed by atoms with van der Waals surface area (Å²) in [6.07, 6.45) is 1.62. The fourth-order valence-electron chi connectivity index (χ4n) is 3.70.